The molecular weight excluding hydrogens is 340 g/mol. The predicted octanol–water partition coefficient (Wildman–Crippen LogP) is 7.39. The highest BCUT2D eigenvalue weighted by atomic mass is 16.3. The molecule has 9 unspecified atom stereocenters. The normalized spacial score (nSPS) is 49.0. The molecule has 0 aliphatic heterocycles. The molecule has 0 amide bonds. The monoisotopic (exact) mass is 386 g/mol. The van der Waals surface area contributed by atoms with Gasteiger partial charge in [-0.15, -0.1) is 6.58 Å². The van der Waals surface area contributed by atoms with E-state index in [0.29, 0.717) is 10.8 Å². The minimum absolute atomic E-state index is 0.0144. The quantitative estimate of drug-likeness (QED) is 0.488. The Hall–Kier alpha value is -0.300. The lowest BCUT2D eigenvalue weighted by atomic mass is 9.44. The minimum atomic E-state index is -0.0144. The molecule has 0 radical (unpaired) electrons. The second kappa shape index (κ2) is 7.75. The first-order chi connectivity index (χ1) is 13.3. The second-order valence-corrected chi connectivity index (χ2v) is 12.1. The SMILES string of the molecule is C=C(C)CCCC(C)C1CCC2C3CCC4CC(O)CCC4(C)C3CCC12C. The van der Waals surface area contributed by atoms with Crippen molar-refractivity contribution >= 4 is 0 Å². The fraction of sp³-hybridized carbons (Fsp3) is 0.926. The van der Waals surface area contributed by atoms with Crippen molar-refractivity contribution in [1.82, 2.24) is 0 Å². The summed E-state index contributed by atoms with van der Waals surface area (Å²) in [6.07, 6.45) is 16.1. The minimum Gasteiger partial charge on any atom is -0.393 e. The molecule has 9 atom stereocenters. The molecule has 0 aromatic heterocycles. The zero-order valence-electron chi connectivity index (χ0n) is 19.2. The van der Waals surface area contributed by atoms with Crippen LogP contribution in [-0.2, 0) is 0 Å². The molecule has 0 saturated heterocycles. The van der Waals surface area contributed by atoms with Gasteiger partial charge in [0.25, 0.3) is 0 Å². The van der Waals surface area contributed by atoms with Gasteiger partial charge in [-0.25, -0.2) is 0 Å². The summed E-state index contributed by atoms with van der Waals surface area (Å²) in [6, 6.07) is 0. The van der Waals surface area contributed by atoms with E-state index in [0.717, 1.165) is 48.3 Å². The highest BCUT2D eigenvalue weighted by Gasteiger charge is 2.60. The van der Waals surface area contributed by atoms with Gasteiger partial charge in [0.1, 0.15) is 0 Å². The molecule has 1 nitrogen and oxygen atoms in total. The van der Waals surface area contributed by atoms with E-state index in [1.54, 1.807) is 0 Å². The van der Waals surface area contributed by atoms with Gasteiger partial charge in [-0.1, -0.05) is 32.8 Å². The lowest BCUT2D eigenvalue weighted by Crippen LogP contribution is -2.54. The smallest absolute Gasteiger partial charge is 0.0543 e. The highest BCUT2D eigenvalue weighted by molar-refractivity contribution is 5.09. The van der Waals surface area contributed by atoms with Crippen LogP contribution in [0.3, 0.4) is 0 Å². The zero-order valence-corrected chi connectivity index (χ0v) is 19.2. The third kappa shape index (κ3) is 3.42. The highest BCUT2D eigenvalue weighted by Crippen LogP contribution is 2.68. The van der Waals surface area contributed by atoms with Crippen molar-refractivity contribution in [2.45, 2.75) is 111 Å². The van der Waals surface area contributed by atoms with Crippen molar-refractivity contribution in [2.24, 2.45) is 46.3 Å². The fourth-order valence-electron chi connectivity index (χ4n) is 9.14. The predicted molar refractivity (Wildman–Crippen MR) is 119 cm³/mol. The molecule has 0 aromatic rings. The van der Waals surface area contributed by atoms with Crippen molar-refractivity contribution in [1.29, 1.82) is 0 Å². The van der Waals surface area contributed by atoms with Gasteiger partial charge < -0.3 is 5.11 Å². The molecule has 0 spiro atoms. The number of aliphatic hydroxyl groups is 1. The Morgan fingerprint density at radius 1 is 1.00 bits per heavy atom. The van der Waals surface area contributed by atoms with Crippen molar-refractivity contribution in [2.75, 3.05) is 0 Å². The third-order valence-electron chi connectivity index (χ3n) is 10.7. The van der Waals surface area contributed by atoms with Gasteiger partial charge >= 0.3 is 0 Å². The Morgan fingerprint density at radius 2 is 1.71 bits per heavy atom. The molecule has 4 saturated carbocycles. The third-order valence-corrected chi connectivity index (χ3v) is 10.7. The molecule has 0 aromatic carbocycles. The van der Waals surface area contributed by atoms with Crippen molar-refractivity contribution in [3.05, 3.63) is 12.2 Å². The number of fused-ring (bicyclic) bond motifs is 5. The van der Waals surface area contributed by atoms with E-state index < -0.39 is 0 Å². The lowest BCUT2D eigenvalue weighted by Gasteiger charge is -2.61. The van der Waals surface area contributed by atoms with Crippen LogP contribution in [0.15, 0.2) is 12.2 Å². The molecule has 28 heavy (non-hydrogen) atoms. The topological polar surface area (TPSA) is 20.2 Å². The molecular formula is C27H46O. The molecule has 160 valence electrons. The summed E-state index contributed by atoms with van der Waals surface area (Å²) in [5.41, 5.74) is 2.47. The lowest BCUT2D eigenvalue weighted by molar-refractivity contribution is -0.129. The molecule has 1 N–H and O–H groups in total. The van der Waals surface area contributed by atoms with Crippen LogP contribution >= 0.6 is 0 Å². The zero-order chi connectivity index (χ0) is 20.1. The first kappa shape index (κ1) is 21.0. The summed E-state index contributed by atoms with van der Waals surface area (Å²) in [4.78, 5) is 0. The van der Waals surface area contributed by atoms with Gasteiger partial charge in [0.2, 0.25) is 0 Å². The Morgan fingerprint density at radius 3 is 2.46 bits per heavy atom. The fourth-order valence-corrected chi connectivity index (χ4v) is 9.14. The Labute approximate surface area is 174 Å². The van der Waals surface area contributed by atoms with Crippen molar-refractivity contribution < 1.29 is 5.11 Å². The van der Waals surface area contributed by atoms with Crippen molar-refractivity contribution in [3.8, 4) is 0 Å². The van der Waals surface area contributed by atoms with Crippen LogP contribution in [-0.4, -0.2) is 11.2 Å². The van der Waals surface area contributed by atoms with Crippen LogP contribution in [0.4, 0.5) is 0 Å². The maximum atomic E-state index is 10.2. The van der Waals surface area contributed by atoms with Gasteiger partial charge in [-0.2, -0.15) is 0 Å². The Kier molecular flexibility index (Phi) is 5.80. The van der Waals surface area contributed by atoms with Gasteiger partial charge in [0.15, 0.2) is 0 Å². The van der Waals surface area contributed by atoms with Crippen LogP contribution in [0.1, 0.15) is 105 Å². The molecule has 4 aliphatic carbocycles. The van der Waals surface area contributed by atoms with E-state index in [9.17, 15) is 5.11 Å². The average Bonchev–Trinajstić information content (AvgIpc) is 2.99. The van der Waals surface area contributed by atoms with Crippen molar-refractivity contribution in [3.63, 3.8) is 0 Å². The molecule has 4 rings (SSSR count). The van der Waals surface area contributed by atoms with Crippen LogP contribution < -0.4 is 0 Å². The molecule has 4 aliphatic rings. The first-order valence-corrected chi connectivity index (χ1v) is 12.6. The van der Waals surface area contributed by atoms with Gasteiger partial charge in [0.05, 0.1) is 6.10 Å². The van der Waals surface area contributed by atoms with E-state index in [-0.39, 0.29) is 6.10 Å². The summed E-state index contributed by atoms with van der Waals surface area (Å²) >= 11 is 0. The van der Waals surface area contributed by atoms with Crippen LogP contribution in [0, 0.1) is 46.3 Å². The van der Waals surface area contributed by atoms with Gasteiger partial charge in [-0.3, -0.25) is 0 Å². The maximum absolute atomic E-state index is 10.2. The summed E-state index contributed by atoms with van der Waals surface area (Å²) < 4.78 is 0. The Balaban J connectivity index is 1.47. The van der Waals surface area contributed by atoms with E-state index in [1.807, 2.05) is 0 Å². The standard InChI is InChI=1S/C27H46O/c1-18(2)7-6-8-19(3)23-11-12-24-22-10-9-20-17-21(28)13-15-26(20,4)25(22)14-16-27(23,24)5/h19-25,28H,1,6-17H2,2-5H3. The molecule has 1 heteroatoms. The van der Waals surface area contributed by atoms with E-state index >= 15 is 0 Å². The first-order valence-electron chi connectivity index (χ1n) is 12.6. The van der Waals surface area contributed by atoms with Crippen LogP contribution in [0.5, 0.6) is 0 Å². The number of hydrogen-bond acceptors (Lipinski definition) is 1. The number of allylic oxidation sites excluding steroid dienone is 1. The Bertz CT molecular complexity index is 581. The van der Waals surface area contributed by atoms with E-state index in [1.165, 1.54) is 69.8 Å². The van der Waals surface area contributed by atoms with E-state index in [2.05, 4.69) is 34.3 Å². The second-order valence-electron chi connectivity index (χ2n) is 12.1. The number of rotatable bonds is 5. The van der Waals surface area contributed by atoms with Gasteiger partial charge in [-0.05, 0) is 124 Å². The largest absolute Gasteiger partial charge is 0.393 e. The molecule has 0 heterocycles. The summed E-state index contributed by atoms with van der Waals surface area (Å²) in [6.45, 7) is 14.2. The van der Waals surface area contributed by atoms with Crippen LogP contribution in [0.25, 0.3) is 0 Å². The van der Waals surface area contributed by atoms with Gasteiger partial charge in [0, 0.05) is 0 Å². The maximum Gasteiger partial charge on any atom is 0.0543 e. The summed E-state index contributed by atoms with van der Waals surface area (Å²) in [7, 11) is 0. The van der Waals surface area contributed by atoms with E-state index in [4.69, 9.17) is 0 Å². The average molecular weight is 387 g/mol. The molecule has 4 fully saturated rings. The summed E-state index contributed by atoms with van der Waals surface area (Å²) in [5.74, 6) is 5.51. The number of hydrogen-bond donors (Lipinski definition) is 1. The van der Waals surface area contributed by atoms with Crippen LogP contribution in [0.2, 0.25) is 0 Å². The number of aliphatic hydroxyl groups excluding tert-OH is 1. The molecule has 0 bridgehead atoms. The summed E-state index contributed by atoms with van der Waals surface area (Å²) in [5, 5.41) is 10.2.